The van der Waals surface area contributed by atoms with Gasteiger partial charge < -0.3 is 10.2 Å². The van der Waals surface area contributed by atoms with Gasteiger partial charge in [-0.15, -0.1) is 0 Å². The Kier molecular flexibility index (Phi) is 4.55. The van der Waals surface area contributed by atoms with Crippen molar-refractivity contribution in [3.8, 4) is 0 Å². The third-order valence-electron chi connectivity index (χ3n) is 3.04. The zero-order valence-electron chi connectivity index (χ0n) is 10.6. The summed E-state index contributed by atoms with van der Waals surface area (Å²) >= 11 is 3.34. The van der Waals surface area contributed by atoms with Gasteiger partial charge in [-0.25, -0.2) is 0 Å². The van der Waals surface area contributed by atoms with Crippen molar-refractivity contribution in [2.75, 3.05) is 25.5 Å². The normalized spacial score (nSPS) is 18.7. The third kappa shape index (κ3) is 3.78. The van der Waals surface area contributed by atoms with E-state index >= 15 is 0 Å². The second-order valence-electron chi connectivity index (χ2n) is 4.54. The summed E-state index contributed by atoms with van der Waals surface area (Å²) in [6, 6.07) is 7.14. The Balaban J connectivity index is 1.81. The van der Waals surface area contributed by atoms with Crippen molar-refractivity contribution in [2.24, 2.45) is 0 Å². The number of anilines is 1. The van der Waals surface area contributed by atoms with Crippen LogP contribution in [0.3, 0.4) is 0 Å². The van der Waals surface area contributed by atoms with Gasteiger partial charge in [0.15, 0.2) is 0 Å². The summed E-state index contributed by atoms with van der Waals surface area (Å²) < 4.78 is 0.908. The molecule has 0 radical (unpaired) electrons. The van der Waals surface area contributed by atoms with Crippen LogP contribution >= 0.6 is 15.9 Å². The van der Waals surface area contributed by atoms with E-state index in [1.165, 1.54) is 0 Å². The van der Waals surface area contributed by atoms with Crippen molar-refractivity contribution in [1.82, 2.24) is 10.2 Å². The molecule has 2 N–H and O–H groups in total. The molecule has 19 heavy (non-hydrogen) atoms. The molecule has 0 bridgehead atoms. The SMILES string of the molecule is CN1CCC(NCC(=O)Nc2cccc(Br)c2)C1=O. The molecule has 1 heterocycles. The molecular formula is C13H16BrN3O2. The van der Waals surface area contributed by atoms with Crippen LogP contribution in [0.2, 0.25) is 0 Å². The Bertz CT molecular complexity index is 493. The van der Waals surface area contributed by atoms with E-state index < -0.39 is 0 Å². The standard InChI is InChI=1S/C13H16BrN3O2/c1-17-6-5-11(13(17)19)15-8-12(18)16-10-4-2-3-9(14)7-10/h2-4,7,11,15H,5-6,8H2,1H3,(H,16,18). The molecule has 6 heteroatoms. The molecule has 2 amide bonds. The Morgan fingerprint density at radius 1 is 1.53 bits per heavy atom. The van der Waals surface area contributed by atoms with E-state index in [4.69, 9.17) is 0 Å². The van der Waals surface area contributed by atoms with Gasteiger partial charge in [0.1, 0.15) is 0 Å². The van der Waals surface area contributed by atoms with Gasteiger partial charge in [-0.1, -0.05) is 22.0 Å². The second-order valence-corrected chi connectivity index (χ2v) is 5.46. The lowest BCUT2D eigenvalue weighted by atomic mass is 10.2. The lowest BCUT2D eigenvalue weighted by molar-refractivity contribution is -0.128. The molecular weight excluding hydrogens is 310 g/mol. The largest absolute Gasteiger partial charge is 0.344 e. The van der Waals surface area contributed by atoms with Gasteiger partial charge in [-0.2, -0.15) is 0 Å². The molecule has 0 aromatic heterocycles. The van der Waals surface area contributed by atoms with Crippen molar-refractivity contribution < 1.29 is 9.59 Å². The summed E-state index contributed by atoms with van der Waals surface area (Å²) in [5.74, 6) is -0.101. The lowest BCUT2D eigenvalue weighted by Crippen LogP contribution is -2.41. The van der Waals surface area contributed by atoms with E-state index in [2.05, 4.69) is 26.6 Å². The number of benzene rings is 1. The Morgan fingerprint density at radius 3 is 2.95 bits per heavy atom. The number of rotatable bonds is 4. The maximum absolute atomic E-state index is 11.8. The number of carbonyl (C=O) groups is 2. The van der Waals surface area contributed by atoms with Gasteiger partial charge in [0.25, 0.3) is 0 Å². The number of carbonyl (C=O) groups excluding carboxylic acids is 2. The highest BCUT2D eigenvalue weighted by Crippen LogP contribution is 2.15. The minimum absolute atomic E-state index is 0.0512. The maximum atomic E-state index is 11.8. The first-order chi connectivity index (χ1) is 9.06. The molecule has 1 aliphatic heterocycles. The Morgan fingerprint density at radius 2 is 2.32 bits per heavy atom. The van der Waals surface area contributed by atoms with Gasteiger partial charge in [0.05, 0.1) is 12.6 Å². The van der Waals surface area contributed by atoms with Gasteiger partial charge >= 0.3 is 0 Å². The van der Waals surface area contributed by atoms with Crippen LogP contribution in [0.5, 0.6) is 0 Å². The number of hydrogen-bond donors (Lipinski definition) is 2. The van der Waals surface area contributed by atoms with Crippen molar-refractivity contribution >= 4 is 33.4 Å². The monoisotopic (exact) mass is 325 g/mol. The van der Waals surface area contributed by atoms with Gasteiger partial charge in [-0.05, 0) is 24.6 Å². The zero-order chi connectivity index (χ0) is 13.8. The fourth-order valence-electron chi connectivity index (χ4n) is 2.00. The summed E-state index contributed by atoms with van der Waals surface area (Å²) in [6.45, 7) is 0.876. The number of nitrogens with zero attached hydrogens (tertiary/aromatic N) is 1. The van der Waals surface area contributed by atoms with Crippen molar-refractivity contribution in [3.63, 3.8) is 0 Å². The molecule has 102 valence electrons. The first-order valence-electron chi connectivity index (χ1n) is 6.10. The lowest BCUT2D eigenvalue weighted by Gasteiger charge is -2.12. The van der Waals surface area contributed by atoms with Crippen LogP contribution in [0.25, 0.3) is 0 Å². The number of likely N-dealkylation sites (tertiary alicyclic amines) is 1. The van der Waals surface area contributed by atoms with Gasteiger partial charge in [0.2, 0.25) is 11.8 Å². The Hall–Kier alpha value is -1.40. The average molecular weight is 326 g/mol. The predicted molar refractivity (Wildman–Crippen MR) is 76.8 cm³/mol. The number of halogens is 1. The molecule has 2 rings (SSSR count). The summed E-state index contributed by atoms with van der Waals surface area (Å²) in [5.41, 5.74) is 0.732. The topological polar surface area (TPSA) is 61.4 Å². The molecule has 1 unspecified atom stereocenters. The maximum Gasteiger partial charge on any atom is 0.239 e. The molecule has 1 atom stereocenters. The summed E-state index contributed by atoms with van der Waals surface area (Å²) in [5, 5.41) is 5.76. The molecule has 1 aromatic rings. The number of nitrogens with one attached hydrogen (secondary N) is 2. The first-order valence-corrected chi connectivity index (χ1v) is 6.89. The molecule has 1 aromatic carbocycles. The molecule has 0 spiro atoms. The van der Waals surface area contributed by atoms with E-state index in [-0.39, 0.29) is 24.4 Å². The van der Waals surface area contributed by atoms with E-state index in [0.717, 1.165) is 23.1 Å². The average Bonchev–Trinajstić information content (AvgIpc) is 2.68. The molecule has 0 aliphatic carbocycles. The number of amides is 2. The number of hydrogen-bond acceptors (Lipinski definition) is 3. The highest BCUT2D eigenvalue weighted by Gasteiger charge is 2.28. The molecule has 1 aliphatic rings. The van der Waals surface area contributed by atoms with E-state index in [1.807, 2.05) is 24.3 Å². The van der Waals surface area contributed by atoms with Crippen molar-refractivity contribution in [3.05, 3.63) is 28.7 Å². The fourth-order valence-corrected chi connectivity index (χ4v) is 2.40. The third-order valence-corrected chi connectivity index (χ3v) is 3.54. The first kappa shape index (κ1) is 14.0. The molecule has 0 saturated carbocycles. The van der Waals surface area contributed by atoms with Crippen LogP contribution in [0.15, 0.2) is 28.7 Å². The molecule has 1 saturated heterocycles. The molecule has 5 nitrogen and oxygen atoms in total. The van der Waals surface area contributed by atoms with Crippen LogP contribution in [-0.4, -0.2) is 42.9 Å². The highest BCUT2D eigenvalue weighted by molar-refractivity contribution is 9.10. The summed E-state index contributed by atoms with van der Waals surface area (Å²) in [6.07, 6.45) is 0.750. The Labute approximate surface area is 120 Å². The van der Waals surface area contributed by atoms with E-state index in [0.29, 0.717) is 0 Å². The predicted octanol–water partition coefficient (Wildman–Crippen LogP) is 1.21. The second kappa shape index (κ2) is 6.16. The van der Waals surface area contributed by atoms with Crippen LogP contribution in [0.4, 0.5) is 5.69 Å². The van der Waals surface area contributed by atoms with Crippen LogP contribution in [0, 0.1) is 0 Å². The zero-order valence-corrected chi connectivity index (χ0v) is 12.2. The van der Waals surface area contributed by atoms with E-state index in [9.17, 15) is 9.59 Å². The number of likely N-dealkylation sites (N-methyl/N-ethyl adjacent to an activating group) is 1. The van der Waals surface area contributed by atoms with Gasteiger partial charge in [-0.3, -0.25) is 14.9 Å². The van der Waals surface area contributed by atoms with Crippen molar-refractivity contribution in [2.45, 2.75) is 12.5 Å². The van der Waals surface area contributed by atoms with E-state index in [1.54, 1.807) is 11.9 Å². The van der Waals surface area contributed by atoms with Crippen LogP contribution < -0.4 is 10.6 Å². The minimum Gasteiger partial charge on any atom is -0.344 e. The van der Waals surface area contributed by atoms with Gasteiger partial charge in [0, 0.05) is 23.8 Å². The van der Waals surface area contributed by atoms with Crippen molar-refractivity contribution in [1.29, 1.82) is 0 Å². The highest BCUT2D eigenvalue weighted by atomic mass is 79.9. The summed E-state index contributed by atoms with van der Waals surface area (Å²) in [4.78, 5) is 25.1. The summed E-state index contributed by atoms with van der Waals surface area (Å²) in [7, 11) is 1.77. The quantitative estimate of drug-likeness (QED) is 0.874. The minimum atomic E-state index is -0.238. The fraction of sp³-hybridized carbons (Fsp3) is 0.385. The molecule has 1 fully saturated rings. The smallest absolute Gasteiger partial charge is 0.239 e. The van der Waals surface area contributed by atoms with Crippen LogP contribution in [-0.2, 0) is 9.59 Å². The van der Waals surface area contributed by atoms with Crippen LogP contribution in [0.1, 0.15) is 6.42 Å².